The molecule has 0 aromatic heterocycles. The number of amides is 1. The van der Waals surface area contributed by atoms with Crippen molar-refractivity contribution >= 4 is 21.8 Å². The molecule has 0 aliphatic carbocycles. The third kappa shape index (κ3) is 3.36. The molecule has 2 nitrogen and oxygen atoms in total. The zero-order chi connectivity index (χ0) is 15.8. The van der Waals surface area contributed by atoms with Crippen LogP contribution in [-0.4, -0.2) is 29.6 Å². The summed E-state index contributed by atoms with van der Waals surface area (Å²) in [6, 6.07) is -0.160. The Bertz CT molecular complexity index is 560. The maximum atomic E-state index is 13.7. The van der Waals surface area contributed by atoms with E-state index < -0.39 is 35.3 Å². The predicted molar refractivity (Wildman–Crippen MR) is 68.8 cm³/mol. The van der Waals surface area contributed by atoms with Crippen molar-refractivity contribution in [2.45, 2.75) is 31.5 Å². The average molecular weight is 372 g/mol. The molecule has 1 heterocycles. The Labute approximate surface area is 126 Å². The van der Waals surface area contributed by atoms with Crippen LogP contribution in [0, 0.1) is 11.6 Å². The van der Waals surface area contributed by atoms with E-state index in [1.807, 2.05) is 0 Å². The topological polar surface area (TPSA) is 20.3 Å². The summed E-state index contributed by atoms with van der Waals surface area (Å²) in [5.74, 6) is -3.86. The van der Waals surface area contributed by atoms with Crippen LogP contribution in [0.5, 0.6) is 0 Å². The number of benzene rings is 1. The minimum atomic E-state index is -4.59. The Hall–Kier alpha value is -1.18. The highest BCUT2D eigenvalue weighted by Gasteiger charge is 2.46. The highest BCUT2D eigenvalue weighted by molar-refractivity contribution is 9.10. The Morgan fingerprint density at radius 3 is 2.52 bits per heavy atom. The van der Waals surface area contributed by atoms with E-state index in [1.54, 1.807) is 0 Å². The first kappa shape index (κ1) is 16.2. The van der Waals surface area contributed by atoms with Gasteiger partial charge in [0.1, 0.15) is 6.04 Å². The first-order chi connectivity index (χ1) is 9.71. The van der Waals surface area contributed by atoms with Gasteiger partial charge in [-0.2, -0.15) is 13.2 Å². The predicted octanol–water partition coefficient (Wildman–Crippen LogP) is 4.28. The van der Waals surface area contributed by atoms with Gasteiger partial charge in [-0.3, -0.25) is 4.79 Å². The minimum absolute atomic E-state index is 0.0883. The van der Waals surface area contributed by atoms with Crippen LogP contribution >= 0.6 is 15.9 Å². The van der Waals surface area contributed by atoms with Crippen molar-refractivity contribution in [3.05, 3.63) is 33.8 Å². The van der Waals surface area contributed by atoms with E-state index in [4.69, 9.17) is 0 Å². The molecule has 0 saturated carbocycles. The molecule has 0 bridgehead atoms. The van der Waals surface area contributed by atoms with Crippen LogP contribution in [0.2, 0.25) is 0 Å². The van der Waals surface area contributed by atoms with Gasteiger partial charge in [-0.1, -0.05) is 15.9 Å². The SMILES string of the molecule is O=C(c1cc(Br)cc(F)c1F)N1CCCCC1C(F)(F)F. The molecule has 0 N–H and O–H groups in total. The largest absolute Gasteiger partial charge is 0.408 e. The smallest absolute Gasteiger partial charge is 0.326 e. The van der Waals surface area contributed by atoms with Crippen molar-refractivity contribution in [3.8, 4) is 0 Å². The molecule has 116 valence electrons. The van der Waals surface area contributed by atoms with Gasteiger partial charge in [0.2, 0.25) is 0 Å². The molecule has 1 amide bonds. The number of nitrogens with zero attached hydrogens (tertiary/aromatic N) is 1. The first-order valence-corrected chi connectivity index (χ1v) is 7.03. The summed E-state index contributed by atoms with van der Waals surface area (Å²) in [5.41, 5.74) is -0.696. The number of carbonyl (C=O) groups is 1. The number of hydrogen-bond acceptors (Lipinski definition) is 1. The second-order valence-electron chi connectivity index (χ2n) is 4.80. The Kier molecular flexibility index (Phi) is 4.55. The molecular formula is C13H11BrF5NO. The molecular weight excluding hydrogens is 361 g/mol. The second kappa shape index (κ2) is 5.90. The van der Waals surface area contributed by atoms with Crippen LogP contribution < -0.4 is 0 Å². The van der Waals surface area contributed by atoms with Crippen LogP contribution in [0.25, 0.3) is 0 Å². The fraction of sp³-hybridized carbons (Fsp3) is 0.462. The molecule has 1 saturated heterocycles. The number of alkyl halides is 3. The average Bonchev–Trinajstić information content (AvgIpc) is 2.41. The molecule has 0 radical (unpaired) electrons. The third-order valence-corrected chi connectivity index (χ3v) is 3.82. The van der Waals surface area contributed by atoms with Crippen molar-refractivity contribution in [1.29, 1.82) is 0 Å². The van der Waals surface area contributed by atoms with Gasteiger partial charge in [0, 0.05) is 11.0 Å². The lowest BCUT2D eigenvalue weighted by Crippen LogP contribution is -2.51. The highest BCUT2D eigenvalue weighted by atomic mass is 79.9. The minimum Gasteiger partial charge on any atom is -0.326 e. The van der Waals surface area contributed by atoms with Crippen LogP contribution in [0.1, 0.15) is 29.6 Å². The van der Waals surface area contributed by atoms with Gasteiger partial charge < -0.3 is 4.90 Å². The van der Waals surface area contributed by atoms with Gasteiger partial charge in [-0.05, 0) is 31.4 Å². The molecule has 0 spiro atoms. The molecule has 1 fully saturated rings. The van der Waals surface area contributed by atoms with Gasteiger partial charge in [0.05, 0.1) is 5.56 Å². The summed E-state index contributed by atoms with van der Waals surface area (Å²) >= 11 is 2.89. The van der Waals surface area contributed by atoms with Crippen molar-refractivity contribution in [3.63, 3.8) is 0 Å². The fourth-order valence-electron chi connectivity index (χ4n) is 2.38. The van der Waals surface area contributed by atoms with Crippen molar-refractivity contribution in [2.24, 2.45) is 0 Å². The van der Waals surface area contributed by atoms with Crippen LogP contribution in [0.15, 0.2) is 16.6 Å². The van der Waals surface area contributed by atoms with Crippen LogP contribution in [0.4, 0.5) is 22.0 Å². The maximum Gasteiger partial charge on any atom is 0.408 e. The lowest BCUT2D eigenvalue weighted by atomic mass is 10.00. The zero-order valence-corrected chi connectivity index (χ0v) is 12.3. The molecule has 1 aromatic carbocycles. The Morgan fingerprint density at radius 2 is 1.90 bits per heavy atom. The lowest BCUT2D eigenvalue weighted by molar-refractivity contribution is -0.183. The van der Waals surface area contributed by atoms with Crippen molar-refractivity contribution < 1.29 is 26.7 Å². The van der Waals surface area contributed by atoms with Crippen LogP contribution in [-0.2, 0) is 0 Å². The molecule has 1 unspecified atom stereocenters. The number of piperidine rings is 1. The summed E-state index contributed by atoms with van der Waals surface area (Å²) < 4.78 is 65.9. The quantitative estimate of drug-likeness (QED) is 0.532. The number of rotatable bonds is 1. The Balaban J connectivity index is 2.38. The van der Waals surface area contributed by atoms with Gasteiger partial charge >= 0.3 is 6.18 Å². The zero-order valence-electron chi connectivity index (χ0n) is 10.7. The fourth-order valence-corrected chi connectivity index (χ4v) is 2.81. The number of likely N-dealkylation sites (tertiary alicyclic amines) is 1. The monoisotopic (exact) mass is 371 g/mol. The third-order valence-electron chi connectivity index (χ3n) is 3.36. The maximum absolute atomic E-state index is 13.7. The van der Waals surface area contributed by atoms with E-state index in [0.29, 0.717) is 17.7 Å². The summed E-state index contributed by atoms with van der Waals surface area (Å²) in [6.45, 7) is -0.128. The normalized spacial score (nSPS) is 19.7. The molecule has 21 heavy (non-hydrogen) atoms. The highest BCUT2D eigenvalue weighted by Crippen LogP contribution is 2.33. The number of carbonyl (C=O) groups excluding carboxylic acids is 1. The Morgan fingerprint density at radius 1 is 1.24 bits per heavy atom. The van der Waals surface area contributed by atoms with Gasteiger partial charge in [-0.25, -0.2) is 8.78 Å². The van der Waals surface area contributed by atoms with Gasteiger partial charge in [0.15, 0.2) is 11.6 Å². The number of hydrogen-bond donors (Lipinski definition) is 0. The van der Waals surface area contributed by atoms with E-state index >= 15 is 0 Å². The molecule has 1 aliphatic rings. The second-order valence-corrected chi connectivity index (χ2v) is 5.72. The van der Waals surface area contributed by atoms with E-state index in [2.05, 4.69) is 15.9 Å². The molecule has 1 atom stereocenters. The summed E-state index contributed by atoms with van der Waals surface area (Å²) in [6.07, 6.45) is -4.08. The van der Waals surface area contributed by atoms with E-state index in [0.717, 1.165) is 12.1 Å². The van der Waals surface area contributed by atoms with Crippen molar-refractivity contribution in [1.82, 2.24) is 4.90 Å². The van der Waals surface area contributed by atoms with Crippen LogP contribution in [0.3, 0.4) is 0 Å². The molecule has 1 aromatic rings. The van der Waals surface area contributed by atoms with Gasteiger partial charge in [-0.15, -0.1) is 0 Å². The van der Waals surface area contributed by atoms with Crippen molar-refractivity contribution in [2.75, 3.05) is 6.54 Å². The van der Waals surface area contributed by atoms with E-state index in [1.165, 1.54) is 0 Å². The molecule has 1 aliphatic heterocycles. The van der Waals surface area contributed by atoms with Gasteiger partial charge in [0.25, 0.3) is 5.91 Å². The summed E-state index contributed by atoms with van der Waals surface area (Å²) in [7, 11) is 0. The summed E-state index contributed by atoms with van der Waals surface area (Å²) in [5, 5.41) is 0. The summed E-state index contributed by atoms with van der Waals surface area (Å²) in [4.78, 5) is 12.8. The lowest BCUT2D eigenvalue weighted by Gasteiger charge is -2.36. The first-order valence-electron chi connectivity index (χ1n) is 6.24. The standard InChI is InChI=1S/C13H11BrF5NO/c14-7-5-8(11(16)9(15)6-7)12(21)20-4-2-1-3-10(20)13(17,18)19/h5-6,10H,1-4H2. The number of halogens is 6. The molecule has 8 heteroatoms. The van der Waals surface area contributed by atoms with E-state index in [-0.39, 0.29) is 17.4 Å². The molecule has 2 rings (SSSR count). The van der Waals surface area contributed by atoms with E-state index in [9.17, 15) is 26.7 Å².